The molecule has 0 bridgehead atoms. The van der Waals surface area contributed by atoms with Gasteiger partial charge in [-0.1, -0.05) is 57.2 Å². The quantitative estimate of drug-likeness (QED) is 0.642. The first kappa shape index (κ1) is 19.9. The third-order valence-corrected chi connectivity index (χ3v) is 4.24. The van der Waals surface area contributed by atoms with Crippen molar-refractivity contribution in [3.63, 3.8) is 0 Å². The number of benzene rings is 2. The second-order valence-corrected chi connectivity index (χ2v) is 8.01. The molecule has 0 radical (unpaired) electrons. The van der Waals surface area contributed by atoms with E-state index >= 15 is 0 Å². The van der Waals surface area contributed by atoms with Gasteiger partial charge in [-0.15, -0.1) is 0 Å². The number of carbonyl (C=O) groups excluding carboxylic acids is 1. The van der Waals surface area contributed by atoms with Crippen LogP contribution in [0, 0.1) is 5.41 Å². The van der Waals surface area contributed by atoms with Crippen LogP contribution in [-0.4, -0.2) is 15.9 Å². The summed E-state index contributed by atoms with van der Waals surface area (Å²) in [6, 6.07) is 13.7. The number of aromatic amines is 1. The summed E-state index contributed by atoms with van der Waals surface area (Å²) in [5.41, 5.74) is 1.85. The average Bonchev–Trinajstić information content (AvgIpc) is 3.02. The van der Waals surface area contributed by atoms with Gasteiger partial charge in [-0.05, 0) is 28.7 Å². The molecule has 1 unspecified atom stereocenters. The van der Waals surface area contributed by atoms with E-state index in [1.807, 2.05) is 51.1 Å². The van der Waals surface area contributed by atoms with E-state index in [1.54, 1.807) is 12.1 Å². The van der Waals surface area contributed by atoms with Crippen LogP contribution in [0.4, 0.5) is 13.2 Å². The van der Waals surface area contributed by atoms with E-state index in [2.05, 4.69) is 15.3 Å². The molecule has 1 heterocycles. The van der Waals surface area contributed by atoms with Gasteiger partial charge in [0.25, 0.3) is 0 Å². The van der Waals surface area contributed by atoms with Crippen LogP contribution in [0.25, 0.3) is 11.0 Å². The number of hydrogen-bond acceptors (Lipinski definition) is 2. The van der Waals surface area contributed by atoms with E-state index < -0.39 is 18.0 Å². The fourth-order valence-electron chi connectivity index (χ4n) is 3.04. The predicted molar refractivity (Wildman–Crippen MR) is 102 cm³/mol. The summed E-state index contributed by atoms with van der Waals surface area (Å²) in [5.74, 6) is -1.16. The molecule has 3 aromatic rings. The lowest BCUT2D eigenvalue weighted by molar-refractivity contribution is -0.144. The van der Waals surface area contributed by atoms with Crippen LogP contribution in [0.1, 0.15) is 50.2 Å². The number of rotatable bonds is 4. The van der Waals surface area contributed by atoms with Crippen molar-refractivity contribution in [2.24, 2.45) is 5.41 Å². The Hall–Kier alpha value is -2.83. The van der Waals surface area contributed by atoms with Crippen molar-refractivity contribution in [2.45, 2.75) is 39.4 Å². The van der Waals surface area contributed by atoms with E-state index in [9.17, 15) is 18.0 Å². The van der Waals surface area contributed by atoms with Gasteiger partial charge in [0.15, 0.2) is 0 Å². The molecule has 28 heavy (non-hydrogen) atoms. The highest BCUT2D eigenvalue weighted by Gasteiger charge is 2.34. The van der Waals surface area contributed by atoms with Gasteiger partial charge in [0.05, 0.1) is 17.1 Å². The van der Waals surface area contributed by atoms with Gasteiger partial charge in [-0.2, -0.15) is 13.2 Å². The van der Waals surface area contributed by atoms with E-state index in [0.717, 1.165) is 5.56 Å². The maximum Gasteiger partial charge on any atom is 0.449 e. The van der Waals surface area contributed by atoms with Gasteiger partial charge in [0.1, 0.15) is 0 Å². The Morgan fingerprint density at radius 2 is 1.75 bits per heavy atom. The standard InChI is InChI=1S/C21H22F3N3O/c1-20(2,3)12-17(28)27-18(13-7-5-4-6-8-13)14-9-10-15-16(11-14)26-19(25-15)21(22,23)24/h4-11,18H,12H2,1-3H3,(H,25,26)(H,27,28). The zero-order valence-corrected chi connectivity index (χ0v) is 15.9. The normalized spacial score (nSPS) is 13.5. The number of amides is 1. The van der Waals surface area contributed by atoms with E-state index in [4.69, 9.17) is 0 Å². The molecule has 1 aromatic heterocycles. The summed E-state index contributed by atoms with van der Waals surface area (Å²) >= 11 is 0. The number of carbonyl (C=O) groups is 1. The number of fused-ring (bicyclic) bond motifs is 1. The highest BCUT2D eigenvalue weighted by Crippen LogP contribution is 2.31. The maximum absolute atomic E-state index is 12.9. The fraction of sp³-hybridized carbons (Fsp3) is 0.333. The van der Waals surface area contributed by atoms with Crippen LogP contribution in [0.15, 0.2) is 48.5 Å². The molecule has 0 aliphatic rings. The minimum Gasteiger partial charge on any atom is -0.345 e. The van der Waals surface area contributed by atoms with Gasteiger partial charge in [-0.25, -0.2) is 4.98 Å². The topological polar surface area (TPSA) is 57.8 Å². The average molecular weight is 389 g/mol. The monoisotopic (exact) mass is 389 g/mol. The lowest BCUT2D eigenvalue weighted by Crippen LogP contribution is -2.32. The van der Waals surface area contributed by atoms with Crippen LogP contribution in [0.2, 0.25) is 0 Å². The largest absolute Gasteiger partial charge is 0.449 e. The van der Waals surface area contributed by atoms with Crippen molar-refractivity contribution >= 4 is 16.9 Å². The molecule has 2 N–H and O–H groups in total. The number of imidazole rings is 1. The van der Waals surface area contributed by atoms with Crippen LogP contribution >= 0.6 is 0 Å². The smallest absolute Gasteiger partial charge is 0.345 e. The highest BCUT2D eigenvalue weighted by atomic mass is 19.4. The third-order valence-electron chi connectivity index (χ3n) is 4.24. The maximum atomic E-state index is 12.9. The Morgan fingerprint density at radius 1 is 1.07 bits per heavy atom. The van der Waals surface area contributed by atoms with Crippen molar-refractivity contribution in [2.75, 3.05) is 0 Å². The van der Waals surface area contributed by atoms with Crippen molar-refractivity contribution in [3.8, 4) is 0 Å². The number of hydrogen-bond donors (Lipinski definition) is 2. The number of nitrogens with zero attached hydrogens (tertiary/aromatic N) is 1. The Kier molecular flexibility index (Phi) is 5.19. The van der Waals surface area contributed by atoms with Crippen LogP contribution in [0.3, 0.4) is 0 Å². The molecule has 7 heteroatoms. The third kappa shape index (κ3) is 4.71. The number of halogens is 3. The summed E-state index contributed by atoms with van der Waals surface area (Å²) in [5, 5.41) is 3.01. The van der Waals surface area contributed by atoms with Gasteiger partial charge in [-0.3, -0.25) is 4.79 Å². The molecule has 0 aliphatic heterocycles. The first-order valence-electron chi connectivity index (χ1n) is 8.94. The van der Waals surface area contributed by atoms with Crippen LogP contribution in [0.5, 0.6) is 0 Å². The molecule has 3 rings (SSSR count). The highest BCUT2D eigenvalue weighted by molar-refractivity contribution is 5.79. The molecule has 4 nitrogen and oxygen atoms in total. The first-order valence-corrected chi connectivity index (χ1v) is 8.94. The van der Waals surface area contributed by atoms with E-state index in [-0.39, 0.29) is 22.4 Å². The van der Waals surface area contributed by atoms with Gasteiger partial charge < -0.3 is 10.3 Å². The Bertz CT molecular complexity index is 972. The molecule has 1 atom stereocenters. The zero-order valence-electron chi connectivity index (χ0n) is 15.9. The van der Waals surface area contributed by atoms with Crippen molar-refractivity contribution in [1.29, 1.82) is 0 Å². The van der Waals surface area contributed by atoms with Crippen molar-refractivity contribution < 1.29 is 18.0 Å². The zero-order chi connectivity index (χ0) is 20.5. The number of H-pyrrole nitrogens is 1. The lowest BCUT2D eigenvalue weighted by Gasteiger charge is -2.23. The Labute approximate surface area is 161 Å². The molecule has 1 amide bonds. The van der Waals surface area contributed by atoms with Crippen LogP contribution < -0.4 is 5.32 Å². The van der Waals surface area contributed by atoms with Crippen LogP contribution in [-0.2, 0) is 11.0 Å². The second-order valence-electron chi connectivity index (χ2n) is 8.01. The molecule has 2 aromatic carbocycles. The number of nitrogens with one attached hydrogen (secondary N) is 2. The molecule has 0 spiro atoms. The number of alkyl halides is 3. The fourth-order valence-corrected chi connectivity index (χ4v) is 3.04. The molecule has 0 fully saturated rings. The molecule has 0 aliphatic carbocycles. The second kappa shape index (κ2) is 7.30. The van der Waals surface area contributed by atoms with Crippen molar-refractivity contribution in [1.82, 2.24) is 15.3 Å². The van der Waals surface area contributed by atoms with E-state index in [0.29, 0.717) is 12.0 Å². The minimum atomic E-state index is -4.54. The predicted octanol–water partition coefficient (Wildman–Crippen LogP) is 5.22. The van der Waals surface area contributed by atoms with Gasteiger partial charge >= 0.3 is 6.18 Å². The van der Waals surface area contributed by atoms with E-state index in [1.165, 1.54) is 6.07 Å². The molecular weight excluding hydrogens is 367 g/mol. The van der Waals surface area contributed by atoms with Gasteiger partial charge in [0.2, 0.25) is 11.7 Å². The lowest BCUT2D eigenvalue weighted by atomic mass is 9.91. The summed E-state index contributed by atoms with van der Waals surface area (Å²) in [4.78, 5) is 18.5. The summed E-state index contributed by atoms with van der Waals surface area (Å²) < 4.78 is 38.8. The summed E-state index contributed by atoms with van der Waals surface area (Å²) in [6.45, 7) is 5.91. The van der Waals surface area contributed by atoms with Crippen molar-refractivity contribution in [3.05, 3.63) is 65.5 Å². The molecule has 0 saturated heterocycles. The molecule has 0 saturated carbocycles. The minimum absolute atomic E-state index is 0.123. The SMILES string of the molecule is CC(C)(C)CC(=O)NC(c1ccccc1)c1ccc2nc(C(F)(F)F)[nH]c2c1. The molecule has 148 valence electrons. The Balaban J connectivity index is 1.99. The first-order chi connectivity index (χ1) is 13.0. The van der Waals surface area contributed by atoms with Gasteiger partial charge in [0, 0.05) is 6.42 Å². The Morgan fingerprint density at radius 3 is 2.36 bits per heavy atom. The molecular formula is C21H22F3N3O. The summed E-state index contributed by atoms with van der Waals surface area (Å²) in [6.07, 6.45) is -4.21. The summed E-state index contributed by atoms with van der Waals surface area (Å²) in [7, 11) is 0. The number of aromatic nitrogens is 2.